The Morgan fingerprint density at radius 1 is 0.824 bits per heavy atom. The van der Waals surface area contributed by atoms with Gasteiger partial charge in [0.25, 0.3) is 0 Å². The van der Waals surface area contributed by atoms with Crippen molar-refractivity contribution in [2.24, 2.45) is 11.8 Å². The number of hydroxylamine groups is 1. The van der Waals surface area contributed by atoms with Crippen LogP contribution in [0.1, 0.15) is 53.4 Å². The lowest BCUT2D eigenvalue weighted by Gasteiger charge is -2.10. The van der Waals surface area contributed by atoms with Crippen LogP contribution < -0.4 is 14.4 Å². The fourth-order valence-corrected chi connectivity index (χ4v) is 4.02. The van der Waals surface area contributed by atoms with E-state index in [0.29, 0.717) is 23.5 Å². The number of carbonyl (C=O) groups excluding carboxylic acids is 2. The summed E-state index contributed by atoms with van der Waals surface area (Å²) in [6.07, 6.45) is 2.34. The summed E-state index contributed by atoms with van der Waals surface area (Å²) in [6.45, 7) is 7.89. The van der Waals surface area contributed by atoms with Gasteiger partial charge in [0, 0.05) is 12.8 Å². The van der Waals surface area contributed by atoms with Gasteiger partial charge in [0.15, 0.2) is 0 Å². The van der Waals surface area contributed by atoms with Gasteiger partial charge in [-0.15, -0.1) is 0 Å². The van der Waals surface area contributed by atoms with Crippen molar-refractivity contribution < 1.29 is 26.5 Å². The summed E-state index contributed by atoms with van der Waals surface area (Å²) in [7, 11) is 0. The highest BCUT2D eigenvalue weighted by atomic mass is 32.2. The van der Waals surface area contributed by atoms with Crippen molar-refractivity contribution in [2.45, 2.75) is 58.3 Å². The van der Waals surface area contributed by atoms with Crippen LogP contribution in [0.25, 0.3) is 11.1 Å². The predicted octanol–water partition coefficient (Wildman–Crippen LogP) is 4.37. The fourth-order valence-electron chi connectivity index (χ4n) is 2.80. The summed E-state index contributed by atoms with van der Waals surface area (Å²) in [6, 6.07) is 13.7. The van der Waals surface area contributed by atoms with Gasteiger partial charge in [0.2, 0.25) is 22.9 Å². The maximum atomic E-state index is 12.3. The van der Waals surface area contributed by atoms with Crippen LogP contribution in [0.15, 0.2) is 53.4 Å². The SMILES string of the molecule is CCC(C)CC(=O)NOS(=O)c1ccc(-c2ccc(OS(=O)NC(=O)CC(C)CC)cc2)cc1. The van der Waals surface area contributed by atoms with Gasteiger partial charge in [-0.1, -0.05) is 64.8 Å². The van der Waals surface area contributed by atoms with Crippen LogP contribution in [0.5, 0.6) is 5.75 Å². The fraction of sp³-hybridized carbons (Fsp3) is 0.417. The molecule has 0 aliphatic heterocycles. The Morgan fingerprint density at radius 3 is 1.85 bits per heavy atom. The number of benzene rings is 2. The van der Waals surface area contributed by atoms with Gasteiger partial charge in [-0.2, -0.15) is 8.49 Å². The van der Waals surface area contributed by atoms with Crippen LogP contribution in [0.3, 0.4) is 0 Å². The molecule has 8 nitrogen and oxygen atoms in total. The summed E-state index contributed by atoms with van der Waals surface area (Å²) in [5, 5.41) is 0. The van der Waals surface area contributed by atoms with Gasteiger partial charge in [0.05, 0.1) is 4.90 Å². The van der Waals surface area contributed by atoms with Gasteiger partial charge in [-0.3, -0.25) is 9.59 Å². The molecule has 186 valence electrons. The zero-order valence-electron chi connectivity index (χ0n) is 19.9. The summed E-state index contributed by atoms with van der Waals surface area (Å²) < 4.78 is 36.8. The van der Waals surface area contributed by atoms with Gasteiger partial charge in [-0.25, -0.2) is 14.4 Å². The highest BCUT2D eigenvalue weighted by Crippen LogP contribution is 2.24. The monoisotopic (exact) mass is 508 g/mol. The molecule has 0 aliphatic carbocycles. The van der Waals surface area contributed by atoms with E-state index in [0.717, 1.165) is 24.0 Å². The molecule has 0 radical (unpaired) electrons. The maximum absolute atomic E-state index is 12.3. The highest BCUT2D eigenvalue weighted by Gasteiger charge is 2.13. The molecule has 10 heteroatoms. The number of rotatable bonds is 13. The lowest BCUT2D eigenvalue weighted by atomic mass is 10.1. The lowest BCUT2D eigenvalue weighted by Crippen LogP contribution is -2.29. The second-order valence-corrected chi connectivity index (χ2v) is 10.1. The third-order valence-electron chi connectivity index (χ3n) is 5.30. The van der Waals surface area contributed by atoms with E-state index in [2.05, 4.69) is 10.2 Å². The summed E-state index contributed by atoms with van der Waals surface area (Å²) >= 11 is -3.79. The van der Waals surface area contributed by atoms with Crippen molar-refractivity contribution in [1.82, 2.24) is 10.2 Å². The number of hydrogen-bond donors (Lipinski definition) is 2. The third kappa shape index (κ3) is 9.36. The van der Waals surface area contributed by atoms with E-state index < -0.39 is 22.3 Å². The molecule has 2 aromatic carbocycles. The largest absolute Gasteiger partial charge is 0.385 e. The van der Waals surface area contributed by atoms with E-state index in [4.69, 9.17) is 8.47 Å². The Bertz CT molecular complexity index is 996. The summed E-state index contributed by atoms with van der Waals surface area (Å²) in [5.74, 6) is 0.158. The molecule has 34 heavy (non-hydrogen) atoms. The molecular weight excluding hydrogens is 476 g/mol. The number of nitrogens with one attached hydrogen (secondary N) is 2. The molecule has 2 amide bonds. The molecule has 2 rings (SSSR count). The Kier molecular flexibility index (Phi) is 11.4. The molecule has 4 atom stereocenters. The zero-order valence-corrected chi connectivity index (χ0v) is 21.5. The molecule has 4 unspecified atom stereocenters. The highest BCUT2D eigenvalue weighted by molar-refractivity contribution is 7.80. The average Bonchev–Trinajstić information content (AvgIpc) is 2.82. The smallest absolute Gasteiger partial charge is 0.318 e. The lowest BCUT2D eigenvalue weighted by molar-refractivity contribution is -0.128. The number of amides is 2. The Labute approximate surface area is 206 Å². The topological polar surface area (TPSA) is 111 Å². The number of carbonyl (C=O) groups is 2. The van der Waals surface area contributed by atoms with Gasteiger partial charge >= 0.3 is 11.3 Å². The second kappa shape index (κ2) is 14.0. The Morgan fingerprint density at radius 2 is 1.32 bits per heavy atom. The van der Waals surface area contributed by atoms with Crippen LogP contribution in [-0.2, 0) is 36.2 Å². The Hall–Kier alpha value is -2.56. The first-order valence-electron chi connectivity index (χ1n) is 11.2. The standard InChI is InChI=1S/C24H32N2O6S2/c1-5-17(3)15-23(27)25-32-33(29)22-13-9-20(10-14-22)19-7-11-21(12-8-19)31-34(30)26-24(28)16-18(4)6-2/h7-14,17-18H,5-6,15-16H2,1-4H3,(H,25,27)(H,26,28). The van der Waals surface area contributed by atoms with E-state index >= 15 is 0 Å². The van der Waals surface area contributed by atoms with Crippen LogP contribution in [0.2, 0.25) is 0 Å². The molecule has 0 aromatic heterocycles. The van der Waals surface area contributed by atoms with E-state index in [-0.39, 0.29) is 23.7 Å². The molecule has 0 bridgehead atoms. The minimum atomic E-state index is -1.97. The van der Waals surface area contributed by atoms with E-state index in [1.807, 2.05) is 27.7 Å². The predicted molar refractivity (Wildman–Crippen MR) is 133 cm³/mol. The molecular formula is C24H32N2O6S2. The van der Waals surface area contributed by atoms with Crippen molar-refractivity contribution in [3.05, 3.63) is 48.5 Å². The molecule has 2 N–H and O–H groups in total. The second-order valence-electron chi connectivity index (χ2n) is 8.17. The van der Waals surface area contributed by atoms with Crippen molar-refractivity contribution in [3.63, 3.8) is 0 Å². The molecule has 0 heterocycles. The van der Waals surface area contributed by atoms with Gasteiger partial charge < -0.3 is 4.18 Å². The van der Waals surface area contributed by atoms with Gasteiger partial charge in [-0.05, 0) is 47.2 Å². The summed E-state index contributed by atoms with van der Waals surface area (Å²) in [5.41, 5.74) is 3.95. The maximum Gasteiger partial charge on any atom is 0.318 e. The first-order chi connectivity index (χ1) is 16.2. The van der Waals surface area contributed by atoms with E-state index in [9.17, 15) is 18.0 Å². The quantitative estimate of drug-likeness (QED) is 0.389. The first-order valence-corrected chi connectivity index (χ1v) is 13.3. The molecule has 0 aliphatic rings. The van der Waals surface area contributed by atoms with Gasteiger partial charge in [0.1, 0.15) is 5.75 Å². The zero-order chi connectivity index (χ0) is 25.1. The van der Waals surface area contributed by atoms with E-state index in [1.54, 1.807) is 48.5 Å². The van der Waals surface area contributed by atoms with E-state index in [1.165, 1.54) is 0 Å². The third-order valence-corrected chi connectivity index (χ3v) is 6.93. The Balaban J connectivity index is 1.89. The summed E-state index contributed by atoms with van der Waals surface area (Å²) in [4.78, 5) is 24.0. The molecule has 0 saturated heterocycles. The van der Waals surface area contributed by atoms with Crippen molar-refractivity contribution in [2.75, 3.05) is 0 Å². The van der Waals surface area contributed by atoms with Crippen molar-refractivity contribution in [1.29, 1.82) is 0 Å². The van der Waals surface area contributed by atoms with Crippen LogP contribution in [0, 0.1) is 11.8 Å². The molecule has 0 spiro atoms. The molecule has 0 saturated carbocycles. The molecule has 0 fully saturated rings. The normalized spacial score (nSPS) is 14.5. The first kappa shape index (κ1) is 27.7. The minimum Gasteiger partial charge on any atom is -0.385 e. The minimum absolute atomic E-state index is 0.208. The number of hydrogen-bond acceptors (Lipinski definition) is 6. The van der Waals surface area contributed by atoms with Crippen LogP contribution in [0.4, 0.5) is 0 Å². The van der Waals surface area contributed by atoms with Crippen molar-refractivity contribution >= 4 is 34.2 Å². The van der Waals surface area contributed by atoms with Crippen molar-refractivity contribution in [3.8, 4) is 16.9 Å². The average molecular weight is 509 g/mol. The van der Waals surface area contributed by atoms with Crippen LogP contribution in [-0.4, -0.2) is 20.2 Å². The van der Waals surface area contributed by atoms with Crippen LogP contribution >= 0.6 is 0 Å². The molecule has 2 aromatic rings.